The molecule has 0 aliphatic heterocycles. The maximum atomic E-state index is 11.5. The molecule has 0 spiro atoms. The largest absolute Gasteiger partial charge is 0.465 e. The van der Waals surface area contributed by atoms with Gasteiger partial charge in [0.1, 0.15) is 5.92 Å². The van der Waals surface area contributed by atoms with Crippen molar-refractivity contribution >= 4 is 27.6 Å². The number of hydrogen-bond donors (Lipinski definition) is 0. The standard InChI is InChI=1S/C12H11BrN2O4/c1-2-19-12(16)9(7-14)5-8-3-4-10(15(17)18)6-11(8)13/h3-4,6,9H,2,5H2,1H3. The highest BCUT2D eigenvalue weighted by atomic mass is 79.9. The number of rotatable bonds is 5. The summed E-state index contributed by atoms with van der Waals surface area (Å²) in [6, 6.07) is 6.07. The second-order valence-corrected chi connectivity index (χ2v) is 4.53. The van der Waals surface area contributed by atoms with Crippen LogP contribution in [-0.2, 0) is 16.0 Å². The van der Waals surface area contributed by atoms with E-state index in [0.29, 0.717) is 10.0 Å². The number of ether oxygens (including phenoxy) is 1. The van der Waals surface area contributed by atoms with Gasteiger partial charge in [-0.25, -0.2) is 0 Å². The summed E-state index contributed by atoms with van der Waals surface area (Å²) in [7, 11) is 0. The van der Waals surface area contributed by atoms with Gasteiger partial charge in [0.25, 0.3) is 5.69 Å². The lowest BCUT2D eigenvalue weighted by molar-refractivity contribution is -0.384. The van der Waals surface area contributed by atoms with Crippen molar-refractivity contribution in [1.29, 1.82) is 5.26 Å². The zero-order valence-electron chi connectivity index (χ0n) is 10.1. The molecule has 6 nitrogen and oxygen atoms in total. The van der Waals surface area contributed by atoms with E-state index in [-0.39, 0.29) is 18.7 Å². The first-order chi connectivity index (χ1) is 8.99. The number of carbonyl (C=O) groups is 1. The lowest BCUT2D eigenvalue weighted by Crippen LogP contribution is -2.18. The van der Waals surface area contributed by atoms with Crippen LogP contribution in [-0.4, -0.2) is 17.5 Å². The van der Waals surface area contributed by atoms with E-state index in [9.17, 15) is 14.9 Å². The number of carbonyl (C=O) groups excluding carboxylic acids is 1. The Hall–Kier alpha value is -1.94. The summed E-state index contributed by atoms with van der Waals surface area (Å²) in [5.74, 6) is -1.51. The fourth-order valence-electron chi connectivity index (χ4n) is 1.46. The van der Waals surface area contributed by atoms with Gasteiger partial charge >= 0.3 is 5.97 Å². The van der Waals surface area contributed by atoms with Gasteiger partial charge in [0.2, 0.25) is 0 Å². The summed E-state index contributed by atoms with van der Waals surface area (Å²) < 4.78 is 5.28. The highest BCUT2D eigenvalue weighted by Gasteiger charge is 2.21. The highest BCUT2D eigenvalue weighted by molar-refractivity contribution is 9.10. The Morgan fingerprint density at radius 3 is 2.79 bits per heavy atom. The van der Waals surface area contributed by atoms with E-state index in [2.05, 4.69) is 15.9 Å². The topological polar surface area (TPSA) is 93.2 Å². The quantitative estimate of drug-likeness (QED) is 0.471. The van der Waals surface area contributed by atoms with Crippen LogP contribution in [0.25, 0.3) is 0 Å². The van der Waals surface area contributed by atoms with Gasteiger partial charge < -0.3 is 4.74 Å². The SMILES string of the molecule is CCOC(=O)C(C#N)Cc1ccc([N+](=O)[O-])cc1Br. The minimum atomic E-state index is -0.919. The second kappa shape index (κ2) is 6.85. The molecule has 100 valence electrons. The fraction of sp³-hybridized carbons (Fsp3) is 0.333. The molecule has 0 saturated carbocycles. The van der Waals surface area contributed by atoms with Crippen LogP contribution in [0.3, 0.4) is 0 Å². The first-order valence-electron chi connectivity index (χ1n) is 5.48. The van der Waals surface area contributed by atoms with Gasteiger partial charge in [-0.05, 0) is 18.9 Å². The third-order valence-electron chi connectivity index (χ3n) is 2.40. The van der Waals surface area contributed by atoms with Crippen molar-refractivity contribution in [2.24, 2.45) is 5.92 Å². The van der Waals surface area contributed by atoms with E-state index in [1.807, 2.05) is 6.07 Å². The maximum absolute atomic E-state index is 11.5. The molecule has 0 saturated heterocycles. The van der Waals surface area contributed by atoms with Crippen molar-refractivity contribution < 1.29 is 14.5 Å². The average Bonchev–Trinajstić information content (AvgIpc) is 2.37. The monoisotopic (exact) mass is 326 g/mol. The van der Waals surface area contributed by atoms with Crippen molar-refractivity contribution in [1.82, 2.24) is 0 Å². The Kier molecular flexibility index (Phi) is 5.45. The van der Waals surface area contributed by atoms with Crippen LogP contribution in [0, 0.1) is 27.4 Å². The van der Waals surface area contributed by atoms with Crippen LogP contribution in [0.5, 0.6) is 0 Å². The van der Waals surface area contributed by atoms with Crippen LogP contribution >= 0.6 is 15.9 Å². The summed E-state index contributed by atoms with van der Waals surface area (Å²) in [6.07, 6.45) is 0.147. The first kappa shape index (κ1) is 15.1. The number of hydrogen-bond acceptors (Lipinski definition) is 5. The zero-order chi connectivity index (χ0) is 14.4. The van der Waals surface area contributed by atoms with Crippen molar-refractivity contribution in [3.8, 4) is 6.07 Å². The summed E-state index contributed by atoms with van der Waals surface area (Å²) in [4.78, 5) is 21.6. The van der Waals surface area contributed by atoms with Crippen LogP contribution in [0.15, 0.2) is 22.7 Å². The van der Waals surface area contributed by atoms with Crippen molar-refractivity contribution in [3.05, 3.63) is 38.3 Å². The molecule has 7 heteroatoms. The Labute approximate surface area is 118 Å². The Bertz CT molecular complexity index is 539. The minimum Gasteiger partial charge on any atom is -0.465 e. The van der Waals surface area contributed by atoms with E-state index in [0.717, 1.165) is 0 Å². The Morgan fingerprint density at radius 1 is 1.63 bits per heavy atom. The van der Waals surface area contributed by atoms with E-state index in [1.165, 1.54) is 18.2 Å². The summed E-state index contributed by atoms with van der Waals surface area (Å²) in [6.45, 7) is 1.87. The molecule has 1 aromatic carbocycles. The molecule has 0 amide bonds. The van der Waals surface area contributed by atoms with Gasteiger partial charge in [0, 0.05) is 16.6 Å². The van der Waals surface area contributed by atoms with Gasteiger partial charge in [-0.3, -0.25) is 14.9 Å². The predicted molar refractivity (Wildman–Crippen MR) is 70.2 cm³/mol. The molecule has 0 bridgehead atoms. The molecule has 0 radical (unpaired) electrons. The van der Waals surface area contributed by atoms with Crippen LogP contribution in [0.2, 0.25) is 0 Å². The number of nitro benzene ring substituents is 1. The number of halogens is 1. The van der Waals surface area contributed by atoms with E-state index < -0.39 is 16.8 Å². The van der Waals surface area contributed by atoms with Gasteiger partial charge in [-0.15, -0.1) is 0 Å². The smallest absolute Gasteiger partial charge is 0.323 e. The number of benzene rings is 1. The molecule has 1 unspecified atom stereocenters. The molecule has 0 aliphatic rings. The summed E-state index contributed by atoms with van der Waals surface area (Å²) in [5, 5.41) is 19.5. The van der Waals surface area contributed by atoms with Crippen LogP contribution < -0.4 is 0 Å². The average molecular weight is 327 g/mol. The highest BCUT2D eigenvalue weighted by Crippen LogP contribution is 2.25. The Morgan fingerprint density at radius 2 is 2.32 bits per heavy atom. The third kappa shape index (κ3) is 4.03. The molecule has 0 heterocycles. The number of nitriles is 1. The van der Waals surface area contributed by atoms with Gasteiger partial charge in [0.15, 0.2) is 0 Å². The third-order valence-corrected chi connectivity index (χ3v) is 3.14. The molecular formula is C12H11BrN2O4. The van der Waals surface area contributed by atoms with E-state index >= 15 is 0 Å². The predicted octanol–water partition coefficient (Wildman–Crippen LogP) is 2.60. The summed E-state index contributed by atoms with van der Waals surface area (Å²) in [5.41, 5.74) is 0.588. The molecular weight excluding hydrogens is 316 g/mol. The van der Waals surface area contributed by atoms with Crippen molar-refractivity contribution in [3.63, 3.8) is 0 Å². The molecule has 0 aromatic heterocycles. The second-order valence-electron chi connectivity index (χ2n) is 3.67. The number of nitro groups is 1. The van der Waals surface area contributed by atoms with Gasteiger partial charge in [-0.2, -0.15) is 5.26 Å². The number of nitrogens with zero attached hydrogens (tertiary/aromatic N) is 2. The van der Waals surface area contributed by atoms with E-state index in [4.69, 9.17) is 10.00 Å². The molecule has 0 aliphatic carbocycles. The molecule has 1 rings (SSSR count). The van der Waals surface area contributed by atoms with Gasteiger partial charge in [0.05, 0.1) is 17.6 Å². The normalized spacial score (nSPS) is 11.4. The van der Waals surface area contributed by atoms with Gasteiger partial charge in [-0.1, -0.05) is 22.0 Å². The fourth-order valence-corrected chi connectivity index (χ4v) is 1.99. The molecule has 1 atom stereocenters. The first-order valence-corrected chi connectivity index (χ1v) is 6.28. The van der Waals surface area contributed by atoms with Crippen LogP contribution in [0.1, 0.15) is 12.5 Å². The zero-order valence-corrected chi connectivity index (χ0v) is 11.7. The van der Waals surface area contributed by atoms with Crippen molar-refractivity contribution in [2.45, 2.75) is 13.3 Å². The lowest BCUT2D eigenvalue weighted by Gasteiger charge is -2.09. The lowest BCUT2D eigenvalue weighted by atomic mass is 10.0. The summed E-state index contributed by atoms with van der Waals surface area (Å²) >= 11 is 3.20. The number of non-ortho nitro benzene ring substituents is 1. The minimum absolute atomic E-state index is 0.0553. The van der Waals surface area contributed by atoms with Crippen LogP contribution in [0.4, 0.5) is 5.69 Å². The number of esters is 1. The Balaban J connectivity index is 2.90. The molecule has 19 heavy (non-hydrogen) atoms. The van der Waals surface area contributed by atoms with E-state index in [1.54, 1.807) is 6.92 Å². The van der Waals surface area contributed by atoms with Crippen molar-refractivity contribution in [2.75, 3.05) is 6.61 Å². The maximum Gasteiger partial charge on any atom is 0.323 e. The molecule has 0 N–H and O–H groups in total. The molecule has 0 fully saturated rings. The molecule has 1 aromatic rings.